The SMILES string of the molecule is CCCCCCCCN[C@H]1CC2C(=O)NCCCC(NC(=O)c3ccc(-c4ccc(-c5ccc(OCCCCC)cc5)cc4)cc3)C(=O)NC([C@@H](C)O)C(=O)N3C[C@H](O)CC3C(=O)NC(CCc3ccc(O)cc3)C(=O)NC([C@@H](C)O)C(=O)N2C1. The third-order valence-corrected chi connectivity index (χ3v) is 16.3. The minimum Gasteiger partial charge on any atom is -0.508 e. The van der Waals surface area contributed by atoms with Crippen molar-refractivity contribution in [3.8, 4) is 33.8 Å². The molecule has 3 aliphatic heterocycles. The molecular formula is C65H88N8O12. The van der Waals surface area contributed by atoms with Crippen molar-refractivity contribution in [2.24, 2.45) is 0 Å². The number of amides is 7. The molecule has 0 bridgehead atoms. The molecule has 7 rings (SSSR count). The summed E-state index contributed by atoms with van der Waals surface area (Å²) in [5.41, 5.74) is 4.69. The van der Waals surface area contributed by atoms with E-state index < -0.39 is 95.9 Å². The molecule has 460 valence electrons. The van der Waals surface area contributed by atoms with Crippen molar-refractivity contribution in [1.82, 2.24) is 41.7 Å². The highest BCUT2D eigenvalue weighted by Gasteiger charge is 2.46. The Hall–Kier alpha value is -7.39. The van der Waals surface area contributed by atoms with Crippen LogP contribution in [0, 0.1) is 0 Å². The first-order chi connectivity index (χ1) is 40.9. The molecule has 4 aromatic rings. The van der Waals surface area contributed by atoms with Gasteiger partial charge < -0.3 is 66.9 Å². The maximum atomic E-state index is 14.7. The average Bonchev–Trinajstić information content (AvgIpc) is 3.50. The van der Waals surface area contributed by atoms with E-state index in [2.05, 4.69) is 45.7 Å². The summed E-state index contributed by atoms with van der Waals surface area (Å²) >= 11 is 0. The first-order valence-electron chi connectivity index (χ1n) is 30.5. The van der Waals surface area contributed by atoms with Gasteiger partial charge in [-0.05, 0) is 130 Å². The molecule has 3 aliphatic rings. The molecule has 6 unspecified atom stereocenters. The summed E-state index contributed by atoms with van der Waals surface area (Å²) in [6.07, 6.45) is 5.55. The summed E-state index contributed by atoms with van der Waals surface area (Å²) in [7, 11) is 0. The van der Waals surface area contributed by atoms with Gasteiger partial charge in [0.25, 0.3) is 5.91 Å². The minimum absolute atomic E-state index is 0.0126. The van der Waals surface area contributed by atoms with Crippen molar-refractivity contribution in [2.75, 3.05) is 32.8 Å². The predicted octanol–water partition coefficient (Wildman–Crippen LogP) is 5.03. The molecule has 85 heavy (non-hydrogen) atoms. The lowest BCUT2D eigenvalue weighted by atomic mass is 9.99. The largest absolute Gasteiger partial charge is 0.508 e. The van der Waals surface area contributed by atoms with Gasteiger partial charge in [0.1, 0.15) is 47.8 Å². The van der Waals surface area contributed by atoms with Gasteiger partial charge in [-0.3, -0.25) is 33.6 Å². The molecule has 20 nitrogen and oxygen atoms in total. The Morgan fingerprint density at radius 3 is 1.79 bits per heavy atom. The second-order valence-electron chi connectivity index (χ2n) is 23.0. The number of aryl methyl sites for hydroxylation is 1. The number of aromatic hydroxyl groups is 1. The normalized spacial score (nSPS) is 23.6. The summed E-state index contributed by atoms with van der Waals surface area (Å²) in [4.78, 5) is 104. The van der Waals surface area contributed by atoms with Crippen LogP contribution >= 0.6 is 0 Å². The van der Waals surface area contributed by atoms with E-state index in [4.69, 9.17) is 4.74 Å². The number of benzene rings is 4. The number of unbranched alkanes of at least 4 members (excludes halogenated alkanes) is 7. The highest BCUT2D eigenvalue weighted by molar-refractivity contribution is 6.00. The predicted molar refractivity (Wildman–Crippen MR) is 323 cm³/mol. The van der Waals surface area contributed by atoms with E-state index in [1.807, 2.05) is 48.5 Å². The quantitative estimate of drug-likeness (QED) is 0.0463. The Bertz CT molecular complexity index is 2830. The fourth-order valence-electron chi connectivity index (χ4n) is 11.2. The molecule has 3 heterocycles. The molecule has 0 aliphatic carbocycles. The number of carbonyl (C=O) groups excluding carboxylic acids is 7. The summed E-state index contributed by atoms with van der Waals surface area (Å²) in [5.74, 6) is -4.50. The fraction of sp³-hybridized carbons (Fsp3) is 0.523. The van der Waals surface area contributed by atoms with Crippen molar-refractivity contribution in [3.63, 3.8) is 0 Å². The van der Waals surface area contributed by atoms with Crippen molar-refractivity contribution < 1.29 is 58.7 Å². The zero-order valence-corrected chi connectivity index (χ0v) is 49.6. The molecule has 10 N–H and O–H groups in total. The smallest absolute Gasteiger partial charge is 0.251 e. The molecule has 0 spiro atoms. The second-order valence-corrected chi connectivity index (χ2v) is 23.0. The zero-order valence-electron chi connectivity index (χ0n) is 49.6. The van der Waals surface area contributed by atoms with E-state index in [0.29, 0.717) is 18.7 Å². The van der Waals surface area contributed by atoms with Crippen molar-refractivity contribution >= 4 is 41.4 Å². The topological polar surface area (TPSA) is 288 Å². The average molecular weight is 1170 g/mol. The number of phenolic OH excluding ortho intramolecular Hbond substituents is 1. The number of hydrogen-bond donors (Lipinski definition) is 10. The number of nitrogens with one attached hydrogen (secondary N) is 6. The number of carbonyl (C=O) groups is 7. The third-order valence-electron chi connectivity index (χ3n) is 16.3. The molecular weight excluding hydrogens is 1080 g/mol. The molecule has 3 fully saturated rings. The van der Waals surface area contributed by atoms with Gasteiger partial charge in [-0.2, -0.15) is 0 Å². The van der Waals surface area contributed by atoms with E-state index >= 15 is 0 Å². The first kappa shape index (κ1) is 65.2. The van der Waals surface area contributed by atoms with Crippen molar-refractivity contribution in [2.45, 2.75) is 185 Å². The van der Waals surface area contributed by atoms with Crippen LogP contribution in [0.3, 0.4) is 0 Å². The van der Waals surface area contributed by atoms with E-state index in [9.17, 15) is 54.0 Å². The number of fused-ring (bicyclic) bond motifs is 2. The van der Waals surface area contributed by atoms with E-state index in [-0.39, 0.29) is 75.5 Å². The van der Waals surface area contributed by atoms with Crippen LogP contribution in [-0.2, 0) is 35.2 Å². The number of phenols is 1. The molecule has 7 amide bonds. The van der Waals surface area contributed by atoms with Gasteiger partial charge in [0.15, 0.2) is 0 Å². The number of ether oxygens (including phenoxy) is 1. The molecule has 0 aromatic heterocycles. The van der Waals surface area contributed by atoms with E-state index in [0.717, 1.165) is 90.7 Å². The molecule has 3 saturated heterocycles. The Kier molecular flexibility index (Phi) is 24.7. The third kappa shape index (κ3) is 18.6. The number of nitrogens with zero attached hydrogens (tertiary/aromatic N) is 2. The Morgan fingerprint density at radius 1 is 0.635 bits per heavy atom. The lowest BCUT2D eigenvalue weighted by Gasteiger charge is -2.32. The van der Waals surface area contributed by atoms with Gasteiger partial charge in [-0.25, -0.2) is 0 Å². The fourth-order valence-corrected chi connectivity index (χ4v) is 11.2. The summed E-state index contributed by atoms with van der Waals surface area (Å²) in [6.45, 7) is 7.94. The Labute approximate surface area is 499 Å². The van der Waals surface area contributed by atoms with Gasteiger partial charge in [0, 0.05) is 37.7 Å². The van der Waals surface area contributed by atoms with Gasteiger partial charge in [-0.15, -0.1) is 0 Å². The van der Waals surface area contributed by atoms with Gasteiger partial charge in [-0.1, -0.05) is 119 Å². The Morgan fingerprint density at radius 2 is 1.18 bits per heavy atom. The molecule has 10 atom stereocenters. The highest BCUT2D eigenvalue weighted by atomic mass is 16.5. The summed E-state index contributed by atoms with van der Waals surface area (Å²) in [6, 6.07) is 20.3. The number of aliphatic hydroxyl groups excluding tert-OH is 3. The maximum absolute atomic E-state index is 14.7. The van der Waals surface area contributed by atoms with Crippen LogP contribution in [0.25, 0.3) is 22.3 Å². The van der Waals surface area contributed by atoms with Crippen LogP contribution in [0.15, 0.2) is 97.1 Å². The molecule has 0 saturated carbocycles. The van der Waals surface area contributed by atoms with Crippen molar-refractivity contribution in [1.29, 1.82) is 0 Å². The van der Waals surface area contributed by atoms with Gasteiger partial charge >= 0.3 is 0 Å². The van der Waals surface area contributed by atoms with Crippen LogP contribution in [-0.4, -0.2) is 165 Å². The summed E-state index contributed by atoms with van der Waals surface area (Å²) in [5, 5.41) is 60.5. The van der Waals surface area contributed by atoms with Crippen LogP contribution in [0.5, 0.6) is 11.5 Å². The molecule has 0 radical (unpaired) electrons. The first-order valence-corrected chi connectivity index (χ1v) is 30.5. The van der Waals surface area contributed by atoms with Crippen LogP contribution in [0.2, 0.25) is 0 Å². The Balaban J connectivity index is 1.13. The van der Waals surface area contributed by atoms with E-state index in [1.54, 1.807) is 36.4 Å². The van der Waals surface area contributed by atoms with Crippen LogP contribution < -0.4 is 36.6 Å². The number of rotatable bonds is 22. The number of aliphatic hydroxyl groups is 3. The minimum atomic E-state index is -1.68. The van der Waals surface area contributed by atoms with Crippen molar-refractivity contribution in [3.05, 3.63) is 108 Å². The second kappa shape index (κ2) is 32.2. The number of hydrogen-bond acceptors (Lipinski definition) is 13. The maximum Gasteiger partial charge on any atom is 0.251 e. The monoisotopic (exact) mass is 1170 g/mol. The zero-order chi connectivity index (χ0) is 61.0. The molecule has 20 heteroatoms. The van der Waals surface area contributed by atoms with Crippen LogP contribution in [0.4, 0.5) is 0 Å². The van der Waals surface area contributed by atoms with Gasteiger partial charge in [0.2, 0.25) is 35.4 Å². The van der Waals surface area contributed by atoms with E-state index in [1.165, 1.54) is 30.9 Å². The van der Waals surface area contributed by atoms with Crippen LogP contribution in [0.1, 0.15) is 134 Å². The lowest BCUT2D eigenvalue weighted by molar-refractivity contribution is -0.145. The highest BCUT2D eigenvalue weighted by Crippen LogP contribution is 2.28. The lowest BCUT2D eigenvalue weighted by Crippen LogP contribution is -2.61. The molecule has 4 aromatic carbocycles. The van der Waals surface area contributed by atoms with Gasteiger partial charge in [0.05, 0.1) is 24.9 Å². The summed E-state index contributed by atoms with van der Waals surface area (Å²) < 4.78 is 5.88. The standard InChI is InChI=1S/C65H88N8O12/c1-5-7-9-10-11-12-34-66-49-37-55-62(81)67-35-14-15-53(68-59(78)48-25-23-46(24-26-48)44-19-21-45(22-20-44)47-27-31-52(32-28-47)85-36-13-8-6-2)60(79)70-58(42(4)75)65(84)73-40-51(77)38-56(73)63(82)69-54(33-18-43-16-29-50(76)30-17-43)61(80)71-57(41(3)74)64(83)72(55)39-49/h16-17,19-32,41-42,49,51,53-58,66,74-77H,5-15,18,33-40H2,1-4H3,(H,67,81)(H,68,78)(H,69,82)(H,70,79)(H,71,80)/t41-,42-,49+,51-,53?,54?,55?,56?,57?,58?/m1/s1.